The van der Waals surface area contributed by atoms with Gasteiger partial charge in [0.05, 0.1) is 17.6 Å². The summed E-state index contributed by atoms with van der Waals surface area (Å²) in [5.41, 5.74) is 1.88. The highest BCUT2D eigenvalue weighted by Crippen LogP contribution is 2.21. The van der Waals surface area contributed by atoms with E-state index in [-0.39, 0.29) is 18.1 Å². The van der Waals surface area contributed by atoms with Crippen LogP contribution in [0.5, 0.6) is 0 Å². The number of hydrogen-bond acceptors (Lipinski definition) is 4. The van der Waals surface area contributed by atoms with Crippen LogP contribution in [0.1, 0.15) is 16.1 Å². The van der Waals surface area contributed by atoms with E-state index in [0.717, 1.165) is 11.3 Å². The molecule has 4 rings (SSSR count). The molecule has 0 saturated carbocycles. The van der Waals surface area contributed by atoms with Crippen molar-refractivity contribution in [1.82, 2.24) is 20.3 Å². The van der Waals surface area contributed by atoms with E-state index in [2.05, 4.69) is 20.3 Å². The normalized spacial score (nSPS) is 10.9. The molecule has 0 saturated heterocycles. The molecule has 3 N–H and O–H groups in total. The van der Waals surface area contributed by atoms with Crippen LogP contribution in [0, 0.1) is 0 Å². The standard InChI is InChI=1S/C18H14N4O3/c23-17(12-8-14-16(19-9-12)22-18(24)21-14)20-10-13-6-7-15(25-13)11-4-2-1-3-5-11/h1-9H,10H2,(H,20,23)(H2,19,21,22,24). The number of carbonyl (C=O) groups is 1. The van der Waals surface area contributed by atoms with Gasteiger partial charge in [0.15, 0.2) is 5.65 Å². The number of furan rings is 1. The first-order valence-electron chi connectivity index (χ1n) is 7.69. The van der Waals surface area contributed by atoms with Gasteiger partial charge < -0.3 is 14.7 Å². The van der Waals surface area contributed by atoms with Crippen LogP contribution in [0.2, 0.25) is 0 Å². The van der Waals surface area contributed by atoms with Gasteiger partial charge in [-0.15, -0.1) is 0 Å². The number of fused-ring (bicyclic) bond motifs is 1. The van der Waals surface area contributed by atoms with Crippen LogP contribution in [0.3, 0.4) is 0 Å². The monoisotopic (exact) mass is 334 g/mol. The lowest BCUT2D eigenvalue weighted by molar-refractivity contribution is 0.0948. The highest BCUT2D eigenvalue weighted by Gasteiger charge is 2.10. The molecule has 4 aromatic rings. The molecule has 25 heavy (non-hydrogen) atoms. The number of nitrogens with one attached hydrogen (secondary N) is 3. The second-order valence-corrected chi connectivity index (χ2v) is 5.51. The van der Waals surface area contributed by atoms with Crippen molar-refractivity contribution in [2.45, 2.75) is 6.54 Å². The van der Waals surface area contributed by atoms with E-state index in [1.165, 1.54) is 6.20 Å². The molecule has 124 valence electrons. The second kappa shape index (κ2) is 6.12. The molecule has 3 heterocycles. The van der Waals surface area contributed by atoms with Gasteiger partial charge in [-0.1, -0.05) is 30.3 Å². The number of carbonyl (C=O) groups excluding carboxylic acids is 1. The summed E-state index contributed by atoms with van der Waals surface area (Å²) >= 11 is 0. The van der Waals surface area contributed by atoms with Crippen LogP contribution in [-0.2, 0) is 6.54 Å². The predicted octanol–water partition coefficient (Wildman–Crippen LogP) is 2.44. The minimum Gasteiger partial charge on any atom is -0.459 e. The Balaban J connectivity index is 1.46. The molecule has 0 aliphatic rings. The minimum absolute atomic E-state index is 0.257. The summed E-state index contributed by atoms with van der Waals surface area (Å²) in [5, 5.41) is 2.78. The first-order chi connectivity index (χ1) is 12.2. The summed E-state index contributed by atoms with van der Waals surface area (Å²) in [6, 6.07) is 15.0. The molecule has 0 aliphatic heterocycles. The Labute approximate surface area is 141 Å². The summed E-state index contributed by atoms with van der Waals surface area (Å²) in [6.45, 7) is 0.257. The van der Waals surface area contributed by atoms with E-state index in [1.54, 1.807) is 6.07 Å². The molecule has 1 aromatic carbocycles. The molecule has 0 aliphatic carbocycles. The quantitative estimate of drug-likeness (QED) is 0.533. The Morgan fingerprint density at radius 3 is 2.80 bits per heavy atom. The van der Waals surface area contributed by atoms with Crippen molar-refractivity contribution in [3.63, 3.8) is 0 Å². The highest BCUT2D eigenvalue weighted by molar-refractivity contribution is 5.96. The molecular weight excluding hydrogens is 320 g/mol. The molecule has 7 nitrogen and oxygen atoms in total. The molecule has 0 radical (unpaired) electrons. The number of hydrogen-bond donors (Lipinski definition) is 3. The average Bonchev–Trinajstić information content (AvgIpc) is 3.25. The van der Waals surface area contributed by atoms with Gasteiger partial charge in [0, 0.05) is 11.8 Å². The molecule has 7 heteroatoms. The van der Waals surface area contributed by atoms with Crippen molar-refractivity contribution in [3.8, 4) is 11.3 Å². The van der Waals surface area contributed by atoms with Gasteiger partial charge in [0.25, 0.3) is 5.91 Å². The third kappa shape index (κ3) is 3.07. The lowest BCUT2D eigenvalue weighted by Gasteiger charge is -2.03. The van der Waals surface area contributed by atoms with Crippen LogP contribution >= 0.6 is 0 Å². The van der Waals surface area contributed by atoms with Gasteiger partial charge in [-0.3, -0.25) is 9.78 Å². The molecule has 3 aromatic heterocycles. The molecule has 0 atom stereocenters. The Kier molecular flexibility index (Phi) is 3.66. The van der Waals surface area contributed by atoms with E-state index in [9.17, 15) is 9.59 Å². The van der Waals surface area contributed by atoms with Gasteiger partial charge in [-0.05, 0) is 18.2 Å². The fraction of sp³-hybridized carbons (Fsp3) is 0.0556. The molecular formula is C18H14N4O3. The zero-order valence-corrected chi connectivity index (χ0v) is 13.1. The maximum atomic E-state index is 12.3. The molecule has 0 fully saturated rings. The largest absolute Gasteiger partial charge is 0.459 e. The van der Waals surface area contributed by atoms with Crippen molar-refractivity contribution in [2.75, 3.05) is 0 Å². The number of aromatic amines is 2. The number of imidazole rings is 1. The second-order valence-electron chi connectivity index (χ2n) is 5.51. The van der Waals surface area contributed by atoms with Crippen molar-refractivity contribution in [2.24, 2.45) is 0 Å². The van der Waals surface area contributed by atoms with Gasteiger partial charge in [-0.2, -0.15) is 0 Å². The number of aromatic nitrogens is 3. The van der Waals surface area contributed by atoms with Crippen LogP contribution < -0.4 is 11.0 Å². The van der Waals surface area contributed by atoms with Crippen molar-refractivity contribution < 1.29 is 9.21 Å². The molecule has 0 spiro atoms. The maximum Gasteiger partial charge on any atom is 0.325 e. The van der Waals surface area contributed by atoms with E-state index >= 15 is 0 Å². The number of benzene rings is 1. The first-order valence-corrected chi connectivity index (χ1v) is 7.69. The number of H-pyrrole nitrogens is 2. The topological polar surface area (TPSA) is 104 Å². The number of nitrogens with zero attached hydrogens (tertiary/aromatic N) is 1. The predicted molar refractivity (Wildman–Crippen MR) is 92.0 cm³/mol. The number of amides is 1. The number of pyridine rings is 1. The zero-order valence-electron chi connectivity index (χ0n) is 13.1. The Morgan fingerprint density at radius 2 is 1.96 bits per heavy atom. The van der Waals surface area contributed by atoms with E-state index in [0.29, 0.717) is 22.5 Å². The summed E-state index contributed by atoms with van der Waals surface area (Å²) in [6.07, 6.45) is 1.42. The Morgan fingerprint density at radius 1 is 1.12 bits per heavy atom. The summed E-state index contributed by atoms with van der Waals surface area (Å²) in [5.74, 6) is 1.10. The zero-order chi connectivity index (χ0) is 17.2. The first kappa shape index (κ1) is 14.9. The Bertz CT molecular complexity index is 1090. The van der Waals surface area contributed by atoms with E-state index in [4.69, 9.17) is 4.42 Å². The van der Waals surface area contributed by atoms with Crippen molar-refractivity contribution in [3.05, 3.63) is 76.5 Å². The fourth-order valence-electron chi connectivity index (χ4n) is 2.54. The van der Waals surface area contributed by atoms with Gasteiger partial charge >= 0.3 is 5.69 Å². The Hall–Kier alpha value is -3.61. The molecule has 0 bridgehead atoms. The third-order valence-electron chi connectivity index (χ3n) is 3.77. The average molecular weight is 334 g/mol. The summed E-state index contributed by atoms with van der Waals surface area (Å²) in [4.78, 5) is 32.6. The van der Waals surface area contributed by atoms with Crippen molar-refractivity contribution >= 4 is 17.1 Å². The minimum atomic E-state index is -0.357. The summed E-state index contributed by atoms with van der Waals surface area (Å²) in [7, 11) is 0. The SMILES string of the molecule is O=C(NCc1ccc(-c2ccccc2)o1)c1cnc2[nH]c(=O)[nH]c2c1. The third-order valence-corrected chi connectivity index (χ3v) is 3.77. The van der Waals surface area contributed by atoms with Crippen LogP contribution in [0.15, 0.2) is 63.9 Å². The van der Waals surface area contributed by atoms with Gasteiger partial charge in [-0.25, -0.2) is 9.78 Å². The maximum absolute atomic E-state index is 12.3. The molecule has 1 amide bonds. The van der Waals surface area contributed by atoms with Crippen molar-refractivity contribution in [1.29, 1.82) is 0 Å². The van der Waals surface area contributed by atoms with Gasteiger partial charge in [0.1, 0.15) is 11.5 Å². The van der Waals surface area contributed by atoms with Crippen LogP contribution in [0.25, 0.3) is 22.5 Å². The van der Waals surface area contributed by atoms with Gasteiger partial charge in [0.2, 0.25) is 0 Å². The van der Waals surface area contributed by atoms with E-state index in [1.807, 2.05) is 42.5 Å². The van der Waals surface area contributed by atoms with E-state index < -0.39 is 0 Å². The fourth-order valence-corrected chi connectivity index (χ4v) is 2.54. The number of rotatable bonds is 4. The van der Waals surface area contributed by atoms with Crippen LogP contribution in [-0.4, -0.2) is 20.9 Å². The highest BCUT2D eigenvalue weighted by atomic mass is 16.3. The van der Waals surface area contributed by atoms with Crippen LogP contribution in [0.4, 0.5) is 0 Å². The summed E-state index contributed by atoms with van der Waals surface area (Å²) < 4.78 is 5.75. The lowest BCUT2D eigenvalue weighted by Crippen LogP contribution is -2.22. The molecule has 0 unspecified atom stereocenters. The lowest BCUT2D eigenvalue weighted by atomic mass is 10.2. The smallest absolute Gasteiger partial charge is 0.325 e.